The minimum Gasteiger partial charge on any atom is -0.463 e. The van der Waals surface area contributed by atoms with Crippen molar-refractivity contribution >= 4 is 6.02 Å². The molecule has 2 aromatic carbocycles. The van der Waals surface area contributed by atoms with Crippen LogP contribution < -0.4 is 10.5 Å². The largest absolute Gasteiger partial charge is 0.463 e. The summed E-state index contributed by atoms with van der Waals surface area (Å²) in [5.74, 6) is 1.75. The summed E-state index contributed by atoms with van der Waals surface area (Å²) in [5.41, 5.74) is 8.06. The van der Waals surface area contributed by atoms with E-state index in [9.17, 15) is 0 Å². The normalized spacial score (nSPS) is 22.8. The molecule has 4 heteroatoms. The zero-order chi connectivity index (χ0) is 15.0. The van der Waals surface area contributed by atoms with Crippen molar-refractivity contribution in [2.24, 2.45) is 10.7 Å². The zero-order valence-electron chi connectivity index (χ0n) is 12.3. The minimum atomic E-state index is -0.215. The molecule has 2 aromatic rings. The Balaban J connectivity index is 1.68. The van der Waals surface area contributed by atoms with E-state index in [0.717, 1.165) is 30.8 Å². The Morgan fingerprint density at radius 3 is 2.73 bits per heavy atom. The summed E-state index contributed by atoms with van der Waals surface area (Å²) in [6.45, 7) is 0.567. The highest BCUT2D eigenvalue weighted by molar-refractivity contribution is 5.74. The highest BCUT2D eigenvalue weighted by Crippen LogP contribution is 2.39. The van der Waals surface area contributed by atoms with Crippen molar-refractivity contribution < 1.29 is 9.47 Å². The smallest absolute Gasteiger partial charge is 0.282 e. The van der Waals surface area contributed by atoms with Crippen LogP contribution in [-0.2, 0) is 17.6 Å². The van der Waals surface area contributed by atoms with E-state index in [1.165, 1.54) is 11.1 Å². The van der Waals surface area contributed by atoms with Crippen molar-refractivity contribution in [2.75, 3.05) is 6.61 Å². The molecule has 1 aliphatic carbocycles. The molecule has 1 heterocycles. The van der Waals surface area contributed by atoms with Crippen LogP contribution in [0.3, 0.4) is 0 Å². The SMILES string of the molecule is NC1=NC2(CCc3cccc(Oc4ccccc4)c3C2)CO1. The first-order valence-corrected chi connectivity index (χ1v) is 7.56. The van der Waals surface area contributed by atoms with Crippen LogP contribution in [0.2, 0.25) is 0 Å². The van der Waals surface area contributed by atoms with E-state index < -0.39 is 0 Å². The molecule has 0 amide bonds. The van der Waals surface area contributed by atoms with Crippen molar-refractivity contribution in [3.63, 3.8) is 0 Å². The van der Waals surface area contributed by atoms with Crippen molar-refractivity contribution in [3.8, 4) is 11.5 Å². The van der Waals surface area contributed by atoms with Crippen molar-refractivity contribution in [3.05, 3.63) is 59.7 Å². The van der Waals surface area contributed by atoms with Crippen LogP contribution in [0, 0.1) is 0 Å². The lowest BCUT2D eigenvalue weighted by Crippen LogP contribution is -2.35. The van der Waals surface area contributed by atoms with Gasteiger partial charge in [0.2, 0.25) is 0 Å². The summed E-state index contributed by atoms with van der Waals surface area (Å²) in [7, 11) is 0. The molecule has 0 saturated carbocycles. The highest BCUT2D eigenvalue weighted by Gasteiger charge is 2.40. The number of ether oxygens (including phenoxy) is 2. The third-order valence-electron chi connectivity index (χ3n) is 4.40. The fourth-order valence-corrected chi connectivity index (χ4v) is 3.27. The van der Waals surface area contributed by atoms with Gasteiger partial charge in [0.25, 0.3) is 6.02 Å². The fraction of sp³-hybridized carbons (Fsp3) is 0.278. The molecule has 0 fully saturated rings. The molecular weight excluding hydrogens is 276 g/mol. The number of aryl methyl sites for hydroxylation is 1. The first-order valence-electron chi connectivity index (χ1n) is 7.56. The van der Waals surface area contributed by atoms with Gasteiger partial charge in [0.1, 0.15) is 23.6 Å². The maximum atomic E-state index is 6.09. The first kappa shape index (κ1) is 13.2. The zero-order valence-corrected chi connectivity index (χ0v) is 12.3. The lowest BCUT2D eigenvalue weighted by atomic mass is 9.78. The molecule has 112 valence electrons. The Labute approximate surface area is 129 Å². The average Bonchev–Trinajstić information content (AvgIpc) is 2.90. The van der Waals surface area contributed by atoms with Crippen molar-refractivity contribution in [1.82, 2.24) is 0 Å². The summed E-state index contributed by atoms with van der Waals surface area (Å²) in [4.78, 5) is 4.54. The second kappa shape index (κ2) is 5.05. The van der Waals surface area contributed by atoms with Crippen LogP contribution in [0.15, 0.2) is 53.5 Å². The van der Waals surface area contributed by atoms with Gasteiger partial charge in [0, 0.05) is 12.0 Å². The third-order valence-corrected chi connectivity index (χ3v) is 4.40. The number of rotatable bonds is 2. The summed E-state index contributed by atoms with van der Waals surface area (Å²) < 4.78 is 11.5. The Morgan fingerprint density at radius 2 is 1.95 bits per heavy atom. The minimum absolute atomic E-state index is 0.215. The van der Waals surface area contributed by atoms with Crippen molar-refractivity contribution in [1.29, 1.82) is 0 Å². The number of para-hydroxylation sites is 1. The lowest BCUT2D eigenvalue weighted by molar-refractivity contribution is 0.233. The quantitative estimate of drug-likeness (QED) is 0.926. The van der Waals surface area contributed by atoms with Gasteiger partial charge in [-0.3, -0.25) is 0 Å². The molecule has 2 N–H and O–H groups in total. The van der Waals surface area contributed by atoms with E-state index in [1.807, 2.05) is 36.4 Å². The molecule has 2 aliphatic rings. The fourth-order valence-electron chi connectivity index (χ4n) is 3.27. The monoisotopic (exact) mass is 294 g/mol. The van der Waals surface area contributed by atoms with E-state index in [-0.39, 0.29) is 5.54 Å². The number of hydrogen-bond donors (Lipinski definition) is 1. The topological polar surface area (TPSA) is 56.8 Å². The molecule has 0 radical (unpaired) electrons. The number of benzene rings is 2. The van der Waals surface area contributed by atoms with Gasteiger partial charge in [-0.15, -0.1) is 0 Å². The van der Waals surface area contributed by atoms with Gasteiger partial charge >= 0.3 is 0 Å². The Bertz CT molecular complexity index is 727. The van der Waals surface area contributed by atoms with E-state index in [2.05, 4.69) is 17.1 Å². The van der Waals surface area contributed by atoms with E-state index in [1.54, 1.807) is 0 Å². The van der Waals surface area contributed by atoms with E-state index in [0.29, 0.717) is 12.6 Å². The Morgan fingerprint density at radius 1 is 1.09 bits per heavy atom. The van der Waals surface area contributed by atoms with Gasteiger partial charge in [0.05, 0.1) is 0 Å². The molecular formula is C18H18N2O2. The molecule has 0 bridgehead atoms. The average molecular weight is 294 g/mol. The Kier molecular flexibility index (Phi) is 3.03. The van der Waals surface area contributed by atoms with Gasteiger partial charge in [-0.2, -0.15) is 0 Å². The maximum Gasteiger partial charge on any atom is 0.282 e. The van der Waals surface area contributed by atoms with Gasteiger partial charge in [0.15, 0.2) is 0 Å². The molecule has 4 rings (SSSR count). The third kappa shape index (κ3) is 2.30. The van der Waals surface area contributed by atoms with E-state index in [4.69, 9.17) is 15.2 Å². The molecule has 0 saturated heterocycles. The van der Waals surface area contributed by atoms with Crippen LogP contribution in [-0.4, -0.2) is 18.2 Å². The standard InChI is InChI=1S/C18H18N2O2/c19-17-20-18(12-21-17)10-9-13-5-4-8-16(15(13)11-18)22-14-6-2-1-3-7-14/h1-8H,9-12H2,(H2,19,20). The Hall–Kier alpha value is -2.49. The van der Waals surface area contributed by atoms with Gasteiger partial charge in [-0.25, -0.2) is 4.99 Å². The summed E-state index contributed by atoms with van der Waals surface area (Å²) in [5, 5.41) is 0. The maximum absolute atomic E-state index is 6.09. The number of fused-ring (bicyclic) bond motifs is 1. The highest BCUT2D eigenvalue weighted by atomic mass is 16.5. The van der Waals surface area contributed by atoms with Gasteiger partial charge in [-0.1, -0.05) is 30.3 Å². The van der Waals surface area contributed by atoms with Crippen LogP contribution in [0.4, 0.5) is 0 Å². The molecule has 22 heavy (non-hydrogen) atoms. The first-order chi connectivity index (χ1) is 10.7. The molecule has 1 spiro atoms. The number of nitrogens with zero attached hydrogens (tertiary/aromatic N) is 1. The number of amidine groups is 1. The van der Waals surface area contributed by atoms with Crippen molar-refractivity contribution in [2.45, 2.75) is 24.8 Å². The van der Waals surface area contributed by atoms with E-state index >= 15 is 0 Å². The van der Waals surface area contributed by atoms with Crippen LogP contribution in [0.25, 0.3) is 0 Å². The predicted molar refractivity (Wildman–Crippen MR) is 85.3 cm³/mol. The van der Waals surface area contributed by atoms with Gasteiger partial charge < -0.3 is 15.2 Å². The van der Waals surface area contributed by atoms with Crippen LogP contribution in [0.1, 0.15) is 17.5 Å². The molecule has 1 aliphatic heterocycles. The second-order valence-corrected chi connectivity index (χ2v) is 5.95. The lowest BCUT2D eigenvalue weighted by Gasteiger charge is -2.31. The molecule has 1 unspecified atom stereocenters. The molecule has 0 aromatic heterocycles. The number of hydrogen-bond acceptors (Lipinski definition) is 4. The summed E-state index contributed by atoms with van der Waals surface area (Å²) in [6, 6.07) is 16.4. The molecule has 1 atom stereocenters. The second-order valence-electron chi connectivity index (χ2n) is 5.95. The van der Waals surface area contributed by atoms with Gasteiger partial charge in [-0.05, 0) is 36.6 Å². The summed E-state index contributed by atoms with van der Waals surface area (Å²) in [6.07, 6.45) is 2.75. The summed E-state index contributed by atoms with van der Waals surface area (Å²) >= 11 is 0. The number of aliphatic imine (C=N–C) groups is 1. The molecule has 4 nitrogen and oxygen atoms in total. The van der Waals surface area contributed by atoms with Crippen LogP contribution in [0.5, 0.6) is 11.5 Å². The number of nitrogens with two attached hydrogens (primary N) is 1. The predicted octanol–water partition coefficient (Wildman–Crippen LogP) is 3.05. The van der Waals surface area contributed by atoms with Crippen LogP contribution >= 0.6 is 0 Å².